The Morgan fingerprint density at radius 1 is 1.43 bits per heavy atom. The summed E-state index contributed by atoms with van der Waals surface area (Å²) in [6.45, 7) is 12.5. The number of carbonyl (C=O) groups excluding carboxylic acids is 1. The molecule has 4 nitrogen and oxygen atoms in total. The predicted octanol–water partition coefficient (Wildman–Crippen LogP) is 3.41. The molecule has 2 fully saturated rings. The molecule has 2 aliphatic rings. The van der Waals surface area contributed by atoms with Gasteiger partial charge in [0.1, 0.15) is 0 Å². The number of ether oxygens (including phenoxy) is 2. The fourth-order valence-corrected chi connectivity index (χ4v) is 3.69. The second-order valence-corrected chi connectivity index (χ2v) is 12.6. The Bertz CT molecular complexity index is 420. The Kier molecular flexibility index (Phi) is 4.28. The summed E-state index contributed by atoms with van der Waals surface area (Å²) in [6, 6.07) is 0. The van der Waals surface area contributed by atoms with Gasteiger partial charge >= 0.3 is 5.97 Å². The minimum absolute atomic E-state index is 0.104. The maximum Gasteiger partial charge on any atom is 0.305 e. The van der Waals surface area contributed by atoms with Crippen LogP contribution >= 0.6 is 0 Å². The van der Waals surface area contributed by atoms with Crippen molar-refractivity contribution in [2.75, 3.05) is 6.61 Å². The first-order valence-electron chi connectivity index (χ1n) is 7.63. The van der Waals surface area contributed by atoms with Crippen LogP contribution in [0, 0.1) is 5.92 Å². The number of hydrogen-bond acceptors (Lipinski definition) is 4. The van der Waals surface area contributed by atoms with E-state index in [4.69, 9.17) is 13.9 Å². The van der Waals surface area contributed by atoms with E-state index in [1.165, 1.54) is 6.92 Å². The van der Waals surface area contributed by atoms with Crippen LogP contribution in [-0.2, 0) is 18.7 Å². The largest absolute Gasteiger partial charge is 0.432 e. The standard InChI is InChI=1S/C15H27FO4Si/c1-10(17)19-13-15(16)8-7-11(15)12(20-13)9-18-21(5,6)14(2,3)4/h11-13H,7-9H2,1-6H3/t11-,12-,13-,15+/m1/s1. The Morgan fingerprint density at radius 3 is 2.48 bits per heavy atom. The molecule has 1 saturated heterocycles. The lowest BCUT2D eigenvalue weighted by molar-refractivity contribution is -0.199. The van der Waals surface area contributed by atoms with Crippen molar-refractivity contribution in [2.45, 2.75) is 76.7 Å². The lowest BCUT2D eigenvalue weighted by atomic mass is 9.70. The maximum atomic E-state index is 14.8. The van der Waals surface area contributed by atoms with E-state index >= 15 is 0 Å². The van der Waals surface area contributed by atoms with Crippen molar-refractivity contribution in [1.82, 2.24) is 0 Å². The first-order chi connectivity index (χ1) is 9.47. The van der Waals surface area contributed by atoms with Crippen LogP contribution < -0.4 is 0 Å². The summed E-state index contributed by atoms with van der Waals surface area (Å²) < 4.78 is 31.6. The van der Waals surface area contributed by atoms with Crippen molar-refractivity contribution in [2.24, 2.45) is 5.92 Å². The van der Waals surface area contributed by atoms with Gasteiger partial charge in [0.25, 0.3) is 0 Å². The molecule has 0 aromatic heterocycles. The number of esters is 1. The molecule has 2 rings (SSSR count). The van der Waals surface area contributed by atoms with E-state index in [2.05, 4.69) is 33.9 Å². The maximum absolute atomic E-state index is 14.8. The van der Waals surface area contributed by atoms with Crippen LogP contribution in [0.15, 0.2) is 0 Å². The Morgan fingerprint density at radius 2 is 2.05 bits per heavy atom. The normalized spacial score (nSPS) is 36.0. The van der Waals surface area contributed by atoms with Crippen molar-refractivity contribution < 1.29 is 23.1 Å². The van der Waals surface area contributed by atoms with Crippen LogP contribution in [-0.4, -0.2) is 39.0 Å². The van der Waals surface area contributed by atoms with Gasteiger partial charge in [0.05, 0.1) is 12.7 Å². The van der Waals surface area contributed by atoms with Crippen molar-refractivity contribution in [3.05, 3.63) is 0 Å². The van der Waals surface area contributed by atoms with Crippen LogP contribution in [0.5, 0.6) is 0 Å². The molecule has 4 atom stereocenters. The Hall–Kier alpha value is -0.463. The summed E-state index contributed by atoms with van der Waals surface area (Å²) in [5.41, 5.74) is -1.52. The van der Waals surface area contributed by atoms with Crippen LogP contribution in [0.1, 0.15) is 40.5 Å². The SMILES string of the molecule is CC(=O)O[C@@H]1O[C@H](CO[Si](C)(C)C(C)(C)C)[C@H]2CC[C@@]12F. The minimum Gasteiger partial charge on any atom is -0.432 e. The number of carbonyl (C=O) groups is 1. The van der Waals surface area contributed by atoms with E-state index in [0.29, 0.717) is 13.0 Å². The minimum atomic E-state index is -1.89. The quantitative estimate of drug-likeness (QED) is 0.588. The van der Waals surface area contributed by atoms with E-state index in [-0.39, 0.29) is 17.1 Å². The lowest BCUT2D eigenvalue weighted by Gasteiger charge is -2.41. The fraction of sp³-hybridized carbons (Fsp3) is 0.933. The number of halogens is 1. The first kappa shape index (κ1) is 16.9. The highest BCUT2D eigenvalue weighted by molar-refractivity contribution is 6.74. The summed E-state index contributed by atoms with van der Waals surface area (Å²) in [6.07, 6.45) is -0.226. The monoisotopic (exact) mass is 318 g/mol. The van der Waals surface area contributed by atoms with E-state index in [1.54, 1.807) is 0 Å². The third-order valence-corrected chi connectivity index (χ3v) is 9.78. The zero-order valence-corrected chi connectivity index (χ0v) is 14.9. The molecule has 1 aliphatic heterocycles. The van der Waals surface area contributed by atoms with E-state index < -0.39 is 26.2 Å². The molecule has 0 N–H and O–H groups in total. The molecule has 1 heterocycles. The molecule has 122 valence electrons. The van der Waals surface area contributed by atoms with Crippen molar-refractivity contribution in [3.63, 3.8) is 0 Å². The molecule has 0 spiro atoms. The van der Waals surface area contributed by atoms with E-state index in [9.17, 15) is 9.18 Å². The molecule has 0 radical (unpaired) electrons. The van der Waals surface area contributed by atoms with Crippen molar-refractivity contribution in [3.8, 4) is 0 Å². The van der Waals surface area contributed by atoms with Gasteiger partial charge in [0, 0.05) is 12.8 Å². The van der Waals surface area contributed by atoms with Crippen LogP contribution in [0.4, 0.5) is 4.39 Å². The van der Waals surface area contributed by atoms with Crippen molar-refractivity contribution >= 4 is 14.3 Å². The van der Waals surface area contributed by atoms with Gasteiger partial charge < -0.3 is 13.9 Å². The average Bonchev–Trinajstić information content (AvgIpc) is 2.46. The van der Waals surface area contributed by atoms with Gasteiger partial charge in [-0.3, -0.25) is 4.79 Å². The molecule has 0 aromatic carbocycles. The Labute approximate surface area is 127 Å². The van der Waals surface area contributed by atoms with Crippen LogP contribution in [0.2, 0.25) is 18.1 Å². The molecule has 0 amide bonds. The topological polar surface area (TPSA) is 44.8 Å². The van der Waals surface area contributed by atoms with Crippen LogP contribution in [0.3, 0.4) is 0 Å². The zero-order valence-electron chi connectivity index (χ0n) is 13.9. The molecule has 1 saturated carbocycles. The van der Waals surface area contributed by atoms with Gasteiger partial charge in [0.15, 0.2) is 14.0 Å². The molecule has 21 heavy (non-hydrogen) atoms. The van der Waals surface area contributed by atoms with Gasteiger partial charge in [-0.05, 0) is 31.0 Å². The number of fused-ring (bicyclic) bond motifs is 1. The van der Waals surface area contributed by atoms with Gasteiger partial charge in [-0.1, -0.05) is 20.8 Å². The molecule has 0 aromatic rings. The molecule has 0 bridgehead atoms. The summed E-state index contributed by atoms with van der Waals surface area (Å²) in [4.78, 5) is 11.1. The lowest BCUT2D eigenvalue weighted by Crippen LogP contribution is -2.50. The predicted molar refractivity (Wildman–Crippen MR) is 80.1 cm³/mol. The zero-order chi connectivity index (χ0) is 16.1. The Balaban J connectivity index is 1.98. The second kappa shape index (κ2) is 5.32. The summed E-state index contributed by atoms with van der Waals surface area (Å²) in [5.74, 6) is -0.722. The van der Waals surface area contributed by atoms with Crippen molar-refractivity contribution in [1.29, 1.82) is 0 Å². The van der Waals surface area contributed by atoms with Gasteiger partial charge in [-0.2, -0.15) is 0 Å². The third-order valence-electron chi connectivity index (χ3n) is 5.28. The van der Waals surface area contributed by atoms with Gasteiger partial charge in [-0.15, -0.1) is 0 Å². The first-order valence-corrected chi connectivity index (χ1v) is 10.5. The number of hydrogen-bond donors (Lipinski definition) is 0. The van der Waals surface area contributed by atoms with Gasteiger partial charge in [-0.25, -0.2) is 4.39 Å². The number of alkyl halides is 1. The van der Waals surface area contributed by atoms with E-state index in [0.717, 1.165) is 6.42 Å². The summed E-state index contributed by atoms with van der Waals surface area (Å²) in [7, 11) is -1.89. The van der Waals surface area contributed by atoms with Gasteiger partial charge in [0.2, 0.25) is 6.29 Å². The second-order valence-electron chi connectivity index (χ2n) is 7.76. The highest BCUT2D eigenvalue weighted by Crippen LogP contribution is 2.54. The molecular weight excluding hydrogens is 291 g/mol. The smallest absolute Gasteiger partial charge is 0.305 e. The molecular formula is C15H27FO4Si. The average molecular weight is 318 g/mol. The van der Waals surface area contributed by atoms with Crippen LogP contribution in [0.25, 0.3) is 0 Å². The fourth-order valence-electron chi connectivity index (χ4n) is 2.68. The highest BCUT2D eigenvalue weighted by atomic mass is 28.4. The van der Waals surface area contributed by atoms with E-state index in [1.807, 2.05) is 0 Å². The number of rotatable bonds is 4. The summed E-state index contributed by atoms with van der Waals surface area (Å²) in [5, 5.41) is 0.104. The summed E-state index contributed by atoms with van der Waals surface area (Å²) >= 11 is 0. The molecule has 0 unspecified atom stereocenters. The highest BCUT2D eigenvalue weighted by Gasteiger charge is 2.65. The molecule has 1 aliphatic carbocycles. The third kappa shape index (κ3) is 3.03. The molecule has 6 heteroatoms.